The Labute approximate surface area is 197 Å². The summed E-state index contributed by atoms with van der Waals surface area (Å²) in [6, 6.07) is 16.2. The molecule has 0 radical (unpaired) electrons. The molecule has 1 unspecified atom stereocenters. The first-order chi connectivity index (χ1) is 15.8. The van der Waals surface area contributed by atoms with E-state index in [9.17, 15) is 9.90 Å². The fourth-order valence-electron chi connectivity index (χ4n) is 4.37. The second-order valence-electron chi connectivity index (χ2n) is 8.84. The van der Waals surface area contributed by atoms with E-state index in [0.717, 1.165) is 23.2 Å². The third-order valence-corrected chi connectivity index (χ3v) is 6.12. The number of esters is 1. The van der Waals surface area contributed by atoms with Crippen LogP contribution in [0.5, 0.6) is 17.2 Å². The first-order valence-electron chi connectivity index (χ1n) is 10.8. The van der Waals surface area contributed by atoms with Crippen LogP contribution in [0.15, 0.2) is 54.6 Å². The van der Waals surface area contributed by atoms with Crippen molar-refractivity contribution in [2.24, 2.45) is 5.92 Å². The van der Waals surface area contributed by atoms with Gasteiger partial charge in [-0.1, -0.05) is 32.0 Å². The zero-order chi connectivity index (χ0) is 23.3. The summed E-state index contributed by atoms with van der Waals surface area (Å²) in [7, 11) is 0. The molecule has 7 heteroatoms. The number of rotatable bonds is 3. The van der Waals surface area contributed by atoms with Gasteiger partial charge in [0.1, 0.15) is 17.2 Å². The highest BCUT2D eigenvalue weighted by Gasteiger charge is 2.53. The van der Waals surface area contributed by atoms with Crippen LogP contribution in [0.25, 0.3) is 0 Å². The molecule has 2 heterocycles. The topological polar surface area (TPSA) is 79.8 Å². The summed E-state index contributed by atoms with van der Waals surface area (Å²) in [5.74, 6) is 1.15. The van der Waals surface area contributed by atoms with Crippen LogP contribution in [0, 0.1) is 12.8 Å². The first kappa shape index (κ1) is 21.3. The number of fused-ring (bicyclic) bond motifs is 6. The minimum Gasteiger partial charge on any atom is -0.508 e. The van der Waals surface area contributed by atoms with Gasteiger partial charge in [-0.25, -0.2) is 4.79 Å². The van der Waals surface area contributed by atoms with Crippen LogP contribution < -0.4 is 15.4 Å². The zero-order valence-electron chi connectivity index (χ0n) is 18.6. The average Bonchev–Trinajstić information content (AvgIpc) is 3.04. The van der Waals surface area contributed by atoms with E-state index in [1.54, 1.807) is 24.3 Å². The standard InChI is InChI=1S/C26H24N2O4S/c1-14(2)13-27-25(33)28-16-5-8-19-18(11-16)24(30)32-26(19)20-7-4-15(3)10-22(20)31-23-12-17(29)6-9-21(23)26/h4-12,14,29H,13H2,1-3H3,(H2,27,28,33). The molecule has 2 aliphatic rings. The maximum absolute atomic E-state index is 13.2. The van der Waals surface area contributed by atoms with E-state index in [1.807, 2.05) is 37.3 Å². The lowest BCUT2D eigenvalue weighted by molar-refractivity contribution is 0.0224. The number of phenols is 1. The molecule has 3 aromatic carbocycles. The lowest BCUT2D eigenvalue weighted by Crippen LogP contribution is -2.33. The minimum absolute atomic E-state index is 0.0755. The van der Waals surface area contributed by atoms with Crippen molar-refractivity contribution in [3.05, 3.63) is 82.4 Å². The summed E-state index contributed by atoms with van der Waals surface area (Å²) in [5, 5.41) is 16.9. The third kappa shape index (κ3) is 3.49. The Bertz CT molecular complexity index is 1250. The number of phenolic OH excluding ortho intramolecular Hbond substituents is 1. The molecule has 5 rings (SSSR count). The van der Waals surface area contributed by atoms with E-state index in [0.29, 0.717) is 39.3 Å². The number of carbonyl (C=O) groups excluding carboxylic acids is 1. The van der Waals surface area contributed by atoms with Gasteiger partial charge < -0.3 is 25.2 Å². The van der Waals surface area contributed by atoms with Gasteiger partial charge in [-0.05, 0) is 61.0 Å². The van der Waals surface area contributed by atoms with Crippen molar-refractivity contribution >= 4 is 29.0 Å². The van der Waals surface area contributed by atoms with Crippen molar-refractivity contribution in [3.63, 3.8) is 0 Å². The molecule has 0 bridgehead atoms. The molecule has 33 heavy (non-hydrogen) atoms. The van der Waals surface area contributed by atoms with Gasteiger partial charge in [-0.2, -0.15) is 0 Å². The van der Waals surface area contributed by atoms with E-state index in [2.05, 4.69) is 24.5 Å². The Morgan fingerprint density at radius 1 is 1.03 bits per heavy atom. The maximum Gasteiger partial charge on any atom is 0.340 e. The average molecular weight is 461 g/mol. The summed E-state index contributed by atoms with van der Waals surface area (Å²) >= 11 is 5.38. The van der Waals surface area contributed by atoms with Gasteiger partial charge in [0.2, 0.25) is 0 Å². The van der Waals surface area contributed by atoms with Crippen LogP contribution in [0.1, 0.15) is 46.5 Å². The van der Waals surface area contributed by atoms with Gasteiger partial charge in [0.15, 0.2) is 10.7 Å². The van der Waals surface area contributed by atoms with Crippen LogP contribution >= 0.6 is 12.2 Å². The number of nitrogens with one attached hydrogen (secondary N) is 2. The predicted octanol–water partition coefficient (Wildman–Crippen LogP) is 5.21. The van der Waals surface area contributed by atoms with Crippen molar-refractivity contribution in [2.75, 3.05) is 11.9 Å². The molecule has 168 valence electrons. The molecule has 3 aromatic rings. The number of thiocarbonyl (C=S) groups is 1. The van der Waals surface area contributed by atoms with E-state index in [4.69, 9.17) is 21.7 Å². The van der Waals surface area contributed by atoms with Crippen LogP contribution in [0.4, 0.5) is 5.69 Å². The minimum atomic E-state index is -1.16. The largest absolute Gasteiger partial charge is 0.508 e. The number of aryl methyl sites for hydroxylation is 1. The van der Waals surface area contributed by atoms with Gasteiger partial charge in [0, 0.05) is 35.0 Å². The molecule has 0 fully saturated rings. The molecule has 0 amide bonds. The molecule has 6 nitrogen and oxygen atoms in total. The van der Waals surface area contributed by atoms with Crippen molar-refractivity contribution in [1.29, 1.82) is 0 Å². The van der Waals surface area contributed by atoms with Gasteiger partial charge in [0.25, 0.3) is 0 Å². The fourth-order valence-corrected chi connectivity index (χ4v) is 4.58. The Morgan fingerprint density at radius 3 is 2.48 bits per heavy atom. The summed E-state index contributed by atoms with van der Waals surface area (Å²) in [6.45, 7) is 6.93. The molecular weight excluding hydrogens is 436 g/mol. The normalized spacial score (nSPS) is 17.6. The second-order valence-corrected chi connectivity index (χ2v) is 9.25. The van der Waals surface area contributed by atoms with Crippen LogP contribution in [-0.4, -0.2) is 22.7 Å². The molecule has 0 saturated carbocycles. The molecule has 0 aromatic heterocycles. The zero-order valence-corrected chi connectivity index (χ0v) is 19.4. The Kier molecular flexibility index (Phi) is 5.01. The quantitative estimate of drug-likeness (QED) is 0.366. The van der Waals surface area contributed by atoms with Gasteiger partial charge >= 0.3 is 5.97 Å². The number of anilines is 1. The number of hydrogen-bond acceptors (Lipinski definition) is 5. The van der Waals surface area contributed by atoms with E-state index >= 15 is 0 Å². The predicted molar refractivity (Wildman–Crippen MR) is 130 cm³/mol. The Hall–Kier alpha value is -3.58. The second kappa shape index (κ2) is 7.78. The van der Waals surface area contributed by atoms with Crippen molar-refractivity contribution in [3.8, 4) is 17.2 Å². The Balaban J connectivity index is 1.62. The van der Waals surface area contributed by atoms with Crippen molar-refractivity contribution in [1.82, 2.24) is 5.32 Å². The summed E-state index contributed by atoms with van der Waals surface area (Å²) in [6.07, 6.45) is 0. The number of ether oxygens (including phenoxy) is 2. The van der Waals surface area contributed by atoms with E-state index in [1.165, 1.54) is 0 Å². The van der Waals surface area contributed by atoms with Crippen LogP contribution in [0.3, 0.4) is 0 Å². The number of carbonyl (C=O) groups is 1. The van der Waals surface area contributed by atoms with E-state index < -0.39 is 11.6 Å². The highest BCUT2D eigenvalue weighted by atomic mass is 32.1. The summed E-state index contributed by atoms with van der Waals surface area (Å²) < 4.78 is 12.3. The molecular formula is C26H24N2O4S. The first-order valence-corrected chi connectivity index (χ1v) is 11.2. The van der Waals surface area contributed by atoms with Crippen molar-refractivity contribution < 1.29 is 19.4 Å². The van der Waals surface area contributed by atoms with Gasteiger partial charge in [0.05, 0.1) is 5.56 Å². The highest BCUT2D eigenvalue weighted by molar-refractivity contribution is 7.80. The molecule has 2 aliphatic heterocycles. The van der Waals surface area contributed by atoms with Crippen LogP contribution in [-0.2, 0) is 10.3 Å². The van der Waals surface area contributed by atoms with E-state index in [-0.39, 0.29) is 5.75 Å². The smallest absolute Gasteiger partial charge is 0.340 e. The molecule has 0 aliphatic carbocycles. The SMILES string of the molecule is Cc1ccc2c(c1)Oc1cc(O)ccc1C21OC(=O)c2cc(NC(=S)NCC(C)C)ccc21. The Morgan fingerprint density at radius 2 is 1.73 bits per heavy atom. The van der Waals surface area contributed by atoms with Gasteiger partial charge in [-0.15, -0.1) is 0 Å². The maximum atomic E-state index is 13.2. The highest BCUT2D eigenvalue weighted by Crippen LogP contribution is 2.56. The number of benzene rings is 3. The molecule has 1 atom stereocenters. The van der Waals surface area contributed by atoms with Gasteiger partial charge in [-0.3, -0.25) is 0 Å². The molecule has 1 spiro atoms. The van der Waals surface area contributed by atoms with Crippen LogP contribution in [0.2, 0.25) is 0 Å². The number of aromatic hydroxyl groups is 1. The molecule has 0 saturated heterocycles. The molecule has 3 N–H and O–H groups in total. The number of hydrogen-bond donors (Lipinski definition) is 3. The fraction of sp³-hybridized carbons (Fsp3) is 0.231. The third-order valence-electron chi connectivity index (χ3n) is 5.87. The lowest BCUT2D eigenvalue weighted by atomic mass is 9.77. The summed E-state index contributed by atoms with van der Waals surface area (Å²) in [5.41, 5.74) is 3.14. The van der Waals surface area contributed by atoms with Crippen molar-refractivity contribution in [2.45, 2.75) is 26.4 Å². The monoisotopic (exact) mass is 460 g/mol. The summed E-state index contributed by atoms with van der Waals surface area (Å²) in [4.78, 5) is 13.2. The lowest BCUT2D eigenvalue weighted by Gasteiger charge is -2.36.